The lowest BCUT2D eigenvalue weighted by Gasteiger charge is -2.24. The van der Waals surface area contributed by atoms with Gasteiger partial charge in [0.15, 0.2) is 0 Å². The smallest absolute Gasteiger partial charge is 0.323 e. The molecule has 160 valence electrons. The summed E-state index contributed by atoms with van der Waals surface area (Å²) in [7, 11) is -2.62. The second kappa shape index (κ2) is 10.6. The number of rotatable bonds is 10. The summed E-state index contributed by atoms with van der Waals surface area (Å²) in [6.07, 6.45) is 2.30. The highest BCUT2D eigenvalue weighted by molar-refractivity contribution is 7.98. The lowest BCUT2D eigenvalue weighted by molar-refractivity contribution is -0.142. The number of hydrogen-bond acceptors (Lipinski definition) is 5. The second-order valence-corrected chi connectivity index (χ2v) is 10.6. The van der Waals surface area contributed by atoms with E-state index in [0.29, 0.717) is 23.0 Å². The average Bonchev–Trinajstić information content (AvgIpc) is 2.62. The van der Waals surface area contributed by atoms with Gasteiger partial charge in [-0.15, -0.1) is 0 Å². The monoisotopic (exact) mass is 429 g/mol. The van der Waals surface area contributed by atoms with Gasteiger partial charge in [0, 0.05) is 0 Å². The van der Waals surface area contributed by atoms with E-state index in [1.165, 1.54) is 7.11 Å². The third-order valence-corrected chi connectivity index (χ3v) is 6.99. The van der Waals surface area contributed by atoms with Crippen LogP contribution in [0.1, 0.15) is 82.4 Å². The Labute approximate surface area is 175 Å². The zero-order valence-corrected chi connectivity index (χ0v) is 20.0. The molecule has 0 saturated carbocycles. The predicted octanol–water partition coefficient (Wildman–Crippen LogP) is 4.63. The fraction of sp³-hybridized carbons (Fsp3) is 0.667. The minimum absolute atomic E-state index is 0.0329. The van der Waals surface area contributed by atoms with Crippen LogP contribution in [0.25, 0.3) is 0 Å². The maximum absolute atomic E-state index is 13.4. The molecule has 1 atom stereocenters. The minimum atomic E-state index is -3.90. The molecule has 5 nitrogen and oxygen atoms in total. The number of thioether (sulfide) groups is 1. The van der Waals surface area contributed by atoms with Crippen LogP contribution < -0.4 is 4.72 Å². The van der Waals surface area contributed by atoms with Crippen molar-refractivity contribution >= 4 is 27.8 Å². The molecule has 0 aliphatic carbocycles. The van der Waals surface area contributed by atoms with Crippen molar-refractivity contribution in [1.29, 1.82) is 0 Å². The molecule has 0 spiro atoms. The molecule has 0 heterocycles. The number of hydrogen-bond donors (Lipinski definition) is 1. The Morgan fingerprint density at radius 3 is 1.89 bits per heavy atom. The van der Waals surface area contributed by atoms with Crippen LogP contribution in [0.2, 0.25) is 0 Å². The number of methoxy groups -OCH3 is 1. The molecule has 0 aliphatic heterocycles. The van der Waals surface area contributed by atoms with Crippen molar-refractivity contribution < 1.29 is 17.9 Å². The molecule has 0 saturated heterocycles. The molecule has 0 fully saturated rings. The minimum Gasteiger partial charge on any atom is -0.468 e. The third kappa shape index (κ3) is 6.22. The summed E-state index contributed by atoms with van der Waals surface area (Å²) < 4.78 is 34.3. The van der Waals surface area contributed by atoms with Gasteiger partial charge in [-0.1, -0.05) is 53.7 Å². The van der Waals surface area contributed by atoms with Crippen LogP contribution in [0.3, 0.4) is 0 Å². The highest BCUT2D eigenvalue weighted by Crippen LogP contribution is 2.35. The zero-order valence-electron chi connectivity index (χ0n) is 18.3. The first-order valence-electron chi connectivity index (χ1n) is 9.73. The predicted molar refractivity (Wildman–Crippen MR) is 118 cm³/mol. The lowest BCUT2D eigenvalue weighted by Crippen LogP contribution is -2.42. The first kappa shape index (κ1) is 25.0. The fourth-order valence-corrected chi connectivity index (χ4v) is 5.44. The van der Waals surface area contributed by atoms with Gasteiger partial charge in [-0.3, -0.25) is 4.79 Å². The van der Waals surface area contributed by atoms with Crippen LogP contribution in [0.4, 0.5) is 0 Å². The first-order chi connectivity index (χ1) is 13.0. The molecule has 0 aliphatic rings. The fourth-order valence-electron chi connectivity index (χ4n) is 3.05. The Hall–Kier alpha value is -1.05. The van der Waals surface area contributed by atoms with Crippen LogP contribution >= 0.6 is 11.8 Å². The van der Waals surface area contributed by atoms with E-state index in [2.05, 4.69) is 18.6 Å². The summed E-state index contributed by atoms with van der Waals surface area (Å²) >= 11 is 1.56. The third-order valence-electron chi connectivity index (χ3n) is 4.74. The van der Waals surface area contributed by atoms with Crippen molar-refractivity contribution in [2.24, 2.45) is 0 Å². The van der Waals surface area contributed by atoms with Gasteiger partial charge in [0.25, 0.3) is 0 Å². The van der Waals surface area contributed by atoms with E-state index in [4.69, 9.17) is 4.74 Å². The molecule has 0 aromatic heterocycles. The van der Waals surface area contributed by atoms with Gasteiger partial charge in [0.05, 0.1) is 12.0 Å². The molecule has 0 bridgehead atoms. The molecule has 0 radical (unpaired) electrons. The van der Waals surface area contributed by atoms with Gasteiger partial charge in [0.2, 0.25) is 10.0 Å². The molecule has 7 heteroatoms. The Balaban J connectivity index is 3.58. The molecular weight excluding hydrogens is 394 g/mol. The van der Waals surface area contributed by atoms with E-state index >= 15 is 0 Å². The molecule has 1 unspecified atom stereocenters. The second-order valence-electron chi connectivity index (χ2n) is 7.97. The molecular formula is C21H35NO4S2. The topological polar surface area (TPSA) is 72.5 Å². The maximum atomic E-state index is 13.4. The molecule has 1 aromatic carbocycles. The van der Waals surface area contributed by atoms with Crippen molar-refractivity contribution in [3.05, 3.63) is 28.8 Å². The Morgan fingerprint density at radius 1 is 1.04 bits per heavy atom. The van der Waals surface area contributed by atoms with E-state index in [9.17, 15) is 13.2 Å². The summed E-state index contributed by atoms with van der Waals surface area (Å²) in [6, 6.07) is 3.09. The molecule has 1 aromatic rings. The van der Waals surface area contributed by atoms with Gasteiger partial charge in [-0.05, 0) is 52.9 Å². The molecule has 28 heavy (non-hydrogen) atoms. The largest absolute Gasteiger partial charge is 0.468 e. The summed E-state index contributed by atoms with van der Waals surface area (Å²) in [4.78, 5) is 12.5. The number of nitrogens with one attached hydrogen (secondary N) is 1. The highest BCUT2D eigenvalue weighted by atomic mass is 32.2. The number of ether oxygens (including phenoxy) is 1. The van der Waals surface area contributed by atoms with E-state index < -0.39 is 22.0 Å². The van der Waals surface area contributed by atoms with Crippen LogP contribution in [-0.4, -0.2) is 39.5 Å². The van der Waals surface area contributed by atoms with E-state index in [0.717, 1.165) is 16.7 Å². The van der Waals surface area contributed by atoms with Crippen molar-refractivity contribution in [3.63, 3.8) is 0 Å². The average molecular weight is 430 g/mol. The highest BCUT2D eigenvalue weighted by Gasteiger charge is 2.31. The van der Waals surface area contributed by atoms with Crippen LogP contribution in [0.5, 0.6) is 0 Å². The number of sulfonamides is 1. The van der Waals surface area contributed by atoms with Gasteiger partial charge < -0.3 is 4.74 Å². The van der Waals surface area contributed by atoms with Crippen LogP contribution in [-0.2, 0) is 19.6 Å². The van der Waals surface area contributed by atoms with E-state index in [-0.39, 0.29) is 11.8 Å². The number of esters is 1. The van der Waals surface area contributed by atoms with Crippen molar-refractivity contribution in [2.75, 3.05) is 19.1 Å². The van der Waals surface area contributed by atoms with Crippen molar-refractivity contribution in [1.82, 2.24) is 4.72 Å². The summed E-state index contributed by atoms with van der Waals surface area (Å²) in [5, 5.41) is 0. The zero-order chi connectivity index (χ0) is 21.6. The Kier molecular flexibility index (Phi) is 9.50. The molecule has 0 amide bonds. The maximum Gasteiger partial charge on any atom is 0.323 e. The summed E-state index contributed by atoms with van der Waals surface area (Å²) in [5.74, 6) is 0.455. The Morgan fingerprint density at radius 2 is 1.54 bits per heavy atom. The molecule has 1 rings (SSSR count). The van der Waals surface area contributed by atoms with Crippen LogP contribution in [0.15, 0.2) is 17.0 Å². The standard InChI is InChI=1S/C21H35NO4S2/c1-13(2)16-11-17(14(3)4)20(18(12-16)15(5)6)28(24,25)22-19(9-10-27-8)21(23)26-7/h11-15,19,22H,9-10H2,1-8H3. The van der Waals surface area contributed by atoms with Crippen molar-refractivity contribution in [2.45, 2.75) is 76.7 Å². The lowest BCUT2D eigenvalue weighted by atomic mass is 9.89. The molecule has 1 N–H and O–H groups in total. The van der Waals surface area contributed by atoms with Crippen LogP contribution in [0, 0.1) is 0 Å². The normalized spacial score (nSPS) is 13.4. The van der Waals surface area contributed by atoms with Gasteiger partial charge >= 0.3 is 5.97 Å². The Bertz CT molecular complexity index is 742. The van der Waals surface area contributed by atoms with Gasteiger partial charge in [-0.2, -0.15) is 16.5 Å². The summed E-state index contributed by atoms with van der Waals surface area (Å²) in [6.45, 7) is 12.2. The van der Waals surface area contributed by atoms with Crippen molar-refractivity contribution in [3.8, 4) is 0 Å². The summed E-state index contributed by atoms with van der Waals surface area (Å²) in [5.41, 5.74) is 2.70. The quantitative estimate of drug-likeness (QED) is 0.549. The van der Waals surface area contributed by atoms with Gasteiger partial charge in [-0.25, -0.2) is 8.42 Å². The number of carbonyl (C=O) groups excluding carboxylic acids is 1. The SMILES string of the molecule is COC(=O)C(CCSC)NS(=O)(=O)c1c(C(C)C)cc(C(C)C)cc1C(C)C. The van der Waals surface area contributed by atoms with E-state index in [1.54, 1.807) is 11.8 Å². The first-order valence-corrected chi connectivity index (χ1v) is 12.6. The van der Waals surface area contributed by atoms with E-state index in [1.807, 2.05) is 46.1 Å². The number of carbonyl (C=O) groups is 1. The van der Waals surface area contributed by atoms with Gasteiger partial charge in [0.1, 0.15) is 6.04 Å². The number of benzene rings is 1.